The van der Waals surface area contributed by atoms with Crippen molar-refractivity contribution in [2.45, 2.75) is 44.1 Å². The van der Waals surface area contributed by atoms with Gasteiger partial charge in [0, 0.05) is 32.0 Å². The van der Waals surface area contributed by atoms with E-state index in [1.807, 2.05) is 4.90 Å². The van der Waals surface area contributed by atoms with Gasteiger partial charge >= 0.3 is 0 Å². The average Bonchev–Trinajstić information content (AvgIpc) is 2.86. The first-order valence-corrected chi connectivity index (χ1v) is 7.38. The van der Waals surface area contributed by atoms with Gasteiger partial charge in [-0.1, -0.05) is 12.8 Å². The van der Waals surface area contributed by atoms with Crippen molar-refractivity contribution >= 4 is 11.8 Å². The number of carbonyl (C=O) groups excluding carboxylic acids is 2. The summed E-state index contributed by atoms with van der Waals surface area (Å²) in [5.74, 6) is 0.0446. The third-order valence-corrected chi connectivity index (χ3v) is 4.67. The fourth-order valence-electron chi connectivity index (χ4n) is 3.61. The van der Waals surface area contributed by atoms with Crippen LogP contribution in [0.5, 0.6) is 0 Å². The third kappa shape index (κ3) is 2.61. The Morgan fingerprint density at radius 3 is 2.89 bits per heavy atom. The van der Waals surface area contributed by atoms with Crippen LogP contribution >= 0.6 is 0 Å². The third-order valence-electron chi connectivity index (χ3n) is 4.67. The van der Waals surface area contributed by atoms with Crippen LogP contribution in [0.15, 0.2) is 0 Å². The lowest BCUT2D eigenvalue weighted by molar-refractivity contribution is -0.155. The van der Waals surface area contributed by atoms with Gasteiger partial charge in [0.05, 0.1) is 12.2 Å². The van der Waals surface area contributed by atoms with Crippen LogP contribution in [-0.4, -0.2) is 48.6 Å². The molecule has 3 aliphatic rings. The molecule has 1 saturated carbocycles. The van der Waals surface area contributed by atoms with Crippen molar-refractivity contribution in [1.29, 1.82) is 0 Å². The number of morpholine rings is 1. The van der Waals surface area contributed by atoms with Crippen LogP contribution in [0.2, 0.25) is 0 Å². The van der Waals surface area contributed by atoms with Gasteiger partial charge in [-0.05, 0) is 19.3 Å². The van der Waals surface area contributed by atoms with E-state index >= 15 is 0 Å². The zero-order valence-corrected chi connectivity index (χ0v) is 11.3. The molecule has 2 amide bonds. The van der Waals surface area contributed by atoms with Gasteiger partial charge in [-0.2, -0.15) is 0 Å². The van der Waals surface area contributed by atoms with Gasteiger partial charge in [0.15, 0.2) is 0 Å². The molecule has 2 aliphatic heterocycles. The topological polar surface area (TPSA) is 58.6 Å². The highest BCUT2D eigenvalue weighted by atomic mass is 16.5. The van der Waals surface area contributed by atoms with Gasteiger partial charge in [-0.3, -0.25) is 9.59 Å². The maximum atomic E-state index is 12.5. The minimum Gasteiger partial charge on any atom is -0.371 e. The standard InChI is InChI=1S/C14H22N2O3/c17-12-9-11(3-6-15-12)13(18)16-7-8-19-14(10-16)4-1-2-5-14/h11H,1-10H2,(H,15,17)/t11-/m0/s1. The van der Waals surface area contributed by atoms with E-state index < -0.39 is 0 Å². The number of piperidine rings is 1. The number of ether oxygens (including phenoxy) is 1. The SMILES string of the molecule is O=C1C[C@@H](C(=O)N2CCOC3(CCCC3)C2)CCN1. The monoisotopic (exact) mass is 266 g/mol. The first kappa shape index (κ1) is 12.9. The van der Waals surface area contributed by atoms with E-state index in [1.54, 1.807) is 0 Å². The molecule has 0 radical (unpaired) electrons. The number of hydrogen-bond acceptors (Lipinski definition) is 3. The molecule has 1 aliphatic carbocycles. The van der Waals surface area contributed by atoms with E-state index in [0.29, 0.717) is 26.1 Å². The van der Waals surface area contributed by atoms with Crippen molar-refractivity contribution in [3.63, 3.8) is 0 Å². The summed E-state index contributed by atoms with van der Waals surface area (Å²) < 4.78 is 5.94. The van der Waals surface area contributed by atoms with Crippen LogP contribution in [0.25, 0.3) is 0 Å². The predicted octanol–water partition coefficient (Wildman–Crippen LogP) is 0.684. The molecule has 0 aromatic heterocycles. The quantitative estimate of drug-likeness (QED) is 0.759. The Morgan fingerprint density at radius 1 is 1.37 bits per heavy atom. The smallest absolute Gasteiger partial charge is 0.226 e. The highest BCUT2D eigenvalue weighted by Gasteiger charge is 2.42. The lowest BCUT2D eigenvalue weighted by atomic mass is 9.93. The Balaban J connectivity index is 1.64. The van der Waals surface area contributed by atoms with Crippen molar-refractivity contribution in [3.05, 3.63) is 0 Å². The highest BCUT2D eigenvalue weighted by Crippen LogP contribution is 2.36. The van der Waals surface area contributed by atoms with Gasteiger partial charge in [0.2, 0.25) is 11.8 Å². The normalized spacial score (nSPS) is 30.4. The number of nitrogens with one attached hydrogen (secondary N) is 1. The summed E-state index contributed by atoms with van der Waals surface area (Å²) in [7, 11) is 0. The van der Waals surface area contributed by atoms with Crippen LogP contribution in [0.4, 0.5) is 0 Å². The largest absolute Gasteiger partial charge is 0.371 e. The van der Waals surface area contributed by atoms with E-state index in [1.165, 1.54) is 12.8 Å². The molecule has 5 nitrogen and oxygen atoms in total. The molecule has 106 valence electrons. The summed E-state index contributed by atoms with van der Waals surface area (Å²) in [6, 6.07) is 0. The number of amides is 2. The minimum atomic E-state index is -0.120. The van der Waals surface area contributed by atoms with Crippen molar-refractivity contribution < 1.29 is 14.3 Å². The molecule has 1 N–H and O–H groups in total. The molecule has 0 aromatic carbocycles. The molecule has 2 heterocycles. The zero-order valence-electron chi connectivity index (χ0n) is 11.3. The second kappa shape index (κ2) is 5.12. The van der Waals surface area contributed by atoms with Crippen molar-refractivity contribution in [1.82, 2.24) is 10.2 Å². The molecule has 1 spiro atoms. The first-order chi connectivity index (χ1) is 9.19. The van der Waals surface area contributed by atoms with Gasteiger partial charge in [0.1, 0.15) is 0 Å². The van der Waals surface area contributed by atoms with Crippen LogP contribution in [0.1, 0.15) is 38.5 Å². The van der Waals surface area contributed by atoms with Crippen LogP contribution < -0.4 is 5.32 Å². The zero-order chi connectivity index (χ0) is 13.3. The fraction of sp³-hybridized carbons (Fsp3) is 0.857. The van der Waals surface area contributed by atoms with E-state index in [4.69, 9.17) is 4.74 Å². The summed E-state index contributed by atoms with van der Waals surface area (Å²) in [5.41, 5.74) is -0.0785. The number of hydrogen-bond donors (Lipinski definition) is 1. The molecule has 0 unspecified atom stereocenters. The van der Waals surface area contributed by atoms with Crippen molar-refractivity contribution in [2.75, 3.05) is 26.2 Å². The van der Waals surface area contributed by atoms with E-state index in [-0.39, 0.29) is 23.3 Å². The number of carbonyl (C=O) groups is 2. The Hall–Kier alpha value is -1.10. The molecule has 0 bridgehead atoms. The van der Waals surface area contributed by atoms with Crippen LogP contribution in [-0.2, 0) is 14.3 Å². The highest BCUT2D eigenvalue weighted by molar-refractivity contribution is 5.87. The molecule has 2 saturated heterocycles. The van der Waals surface area contributed by atoms with Crippen LogP contribution in [0, 0.1) is 5.92 Å². The molecule has 19 heavy (non-hydrogen) atoms. The Bertz CT molecular complexity index is 377. The lowest BCUT2D eigenvalue weighted by Gasteiger charge is -2.42. The van der Waals surface area contributed by atoms with Gasteiger partial charge in [-0.25, -0.2) is 0 Å². The number of rotatable bonds is 1. The molecule has 0 aromatic rings. The van der Waals surface area contributed by atoms with Crippen molar-refractivity contribution in [2.24, 2.45) is 5.92 Å². The Kier molecular flexibility index (Phi) is 3.48. The van der Waals surface area contributed by atoms with Crippen molar-refractivity contribution in [3.8, 4) is 0 Å². The van der Waals surface area contributed by atoms with E-state index in [9.17, 15) is 9.59 Å². The van der Waals surface area contributed by atoms with E-state index in [0.717, 1.165) is 25.8 Å². The molecular weight excluding hydrogens is 244 g/mol. The summed E-state index contributed by atoms with van der Waals surface area (Å²) in [4.78, 5) is 25.9. The predicted molar refractivity (Wildman–Crippen MR) is 69.5 cm³/mol. The summed E-state index contributed by atoms with van der Waals surface area (Å²) in [5, 5.41) is 2.78. The lowest BCUT2D eigenvalue weighted by Crippen LogP contribution is -2.54. The second-order valence-corrected chi connectivity index (χ2v) is 6.04. The fourth-order valence-corrected chi connectivity index (χ4v) is 3.61. The van der Waals surface area contributed by atoms with Crippen LogP contribution in [0.3, 0.4) is 0 Å². The summed E-state index contributed by atoms with van der Waals surface area (Å²) in [6.45, 7) is 2.68. The maximum Gasteiger partial charge on any atom is 0.226 e. The van der Waals surface area contributed by atoms with Gasteiger partial charge < -0.3 is 15.0 Å². The molecule has 3 rings (SSSR count). The Labute approximate surface area is 113 Å². The van der Waals surface area contributed by atoms with Gasteiger partial charge in [0.25, 0.3) is 0 Å². The average molecular weight is 266 g/mol. The Morgan fingerprint density at radius 2 is 2.16 bits per heavy atom. The second-order valence-electron chi connectivity index (χ2n) is 6.04. The molecule has 5 heteroatoms. The summed E-state index contributed by atoms with van der Waals surface area (Å²) >= 11 is 0. The first-order valence-electron chi connectivity index (χ1n) is 7.38. The molecular formula is C14H22N2O3. The number of nitrogens with zero attached hydrogens (tertiary/aromatic N) is 1. The summed E-state index contributed by atoms with van der Waals surface area (Å²) in [6.07, 6.45) is 5.67. The van der Waals surface area contributed by atoms with E-state index in [2.05, 4.69) is 5.32 Å². The van der Waals surface area contributed by atoms with Gasteiger partial charge in [-0.15, -0.1) is 0 Å². The molecule has 3 fully saturated rings. The maximum absolute atomic E-state index is 12.5. The minimum absolute atomic E-state index is 0.00781. The molecule has 1 atom stereocenters.